The summed E-state index contributed by atoms with van der Waals surface area (Å²) in [5, 5.41) is 7.97. The summed E-state index contributed by atoms with van der Waals surface area (Å²) in [5.41, 5.74) is 1.49. The van der Waals surface area contributed by atoms with Crippen LogP contribution in [0.4, 0.5) is 5.13 Å². The summed E-state index contributed by atoms with van der Waals surface area (Å²) in [6.45, 7) is 0. The lowest BCUT2D eigenvalue weighted by Gasteiger charge is -2.03. The number of aromatic nitrogens is 1. The van der Waals surface area contributed by atoms with Gasteiger partial charge in [-0.25, -0.2) is 4.98 Å². The fourth-order valence-electron chi connectivity index (χ4n) is 1.85. The number of benzene rings is 1. The largest absolute Gasteiger partial charge is 0.349 e. The molecule has 22 heavy (non-hydrogen) atoms. The van der Waals surface area contributed by atoms with Gasteiger partial charge in [-0.1, -0.05) is 12.1 Å². The lowest BCUT2D eigenvalue weighted by Crippen LogP contribution is -2.25. The van der Waals surface area contributed by atoms with Gasteiger partial charge in [0.25, 0.3) is 5.91 Å². The number of nitrogens with one attached hydrogen (secondary N) is 2. The van der Waals surface area contributed by atoms with Crippen LogP contribution in [-0.4, -0.2) is 22.8 Å². The van der Waals surface area contributed by atoms with Gasteiger partial charge < -0.3 is 5.32 Å². The summed E-state index contributed by atoms with van der Waals surface area (Å²) in [6, 6.07) is 7.50. The highest BCUT2D eigenvalue weighted by Gasteiger charge is 2.23. The molecule has 0 aliphatic heterocycles. The van der Waals surface area contributed by atoms with Crippen molar-refractivity contribution in [1.29, 1.82) is 0 Å². The van der Waals surface area contributed by atoms with Gasteiger partial charge >= 0.3 is 0 Å². The van der Waals surface area contributed by atoms with Gasteiger partial charge in [-0.05, 0) is 36.6 Å². The van der Waals surface area contributed by atoms with Crippen molar-refractivity contribution in [2.45, 2.75) is 18.9 Å². The SMILES string of the molecule is O=C(/C=C/c1ccc(C(=O)NC2CC2)cc1)Nc1nccs1. The minimum atomic E-state index is -0.231. The Bertz CT molecular complexity index is 689. The minimum Gasteiger partial charge on any atom is -0.349 e. The normalized spacial score (nSPS) is 14.0. The zero-order valence-electron chi connectivity index (χ0n) is 11.8. The molecule has 0 spiro atoms. The lowest BCUT2D eigenvalue weighted by atomic mass is 10.1. The Morgan fingerprint density at radius 3 is 2.64 bits per heavy atom. The van der Waals surface area contributed by atoms with Crippen molar-refractivity contribution in [1.82, 2.24) is 10.3 Å². The first-order valence-corrected chi connectivity index (χ1v) is 7.88. The molecule has 1 aliphatic rings. The van der Waals surface area contributed by atoms with Gasteiger partial charge in [-0.2, -0.15) is 0 Å². The first-order valence-electron chi connectivity index (χ1n) is 7.00. The van der Waals surface area contributed by atoms with E-state index in [1.165, 1.54) is 17.4 Å². The molecule has 1 fully saturated rings. The van der Waals surface area contributed by atoms with Gasteiger partial charge in [-0.15, -0.1) is 11.3 Å². The fraction of sp³-hybridized carbons (Fsp3) is 0.188. The van der Waals surface area contributed by atoms with E-state index in [0.717, 1.165) is 18.4 Å². The number of hydrogen-bond donors (Lipinski definition) is 2. The van der Waals surface area contributed by atoms with Crippen LogP contribution in [0.5, 0.6) is 0 Å². The van der Waals surface area contributed by atoms with Gasteiger partial charge in [0.2, 0.25) is 5.91 Å². The molecule has 1 heterocycles. The predicted molar refractivity (Wildman–Crippen MR) is 86.7 cm³/mol. The number of nitrogens with zero attached hydrogens (tertiary/aromatic N) is 1. The van der Waals surface area contributed by atoms with E-state index in [2.05, 4.69) is 15.6 Å². The molecule has 0 bridgehead atoms. The maximum absolute atomic E-state index is 11.9. The van der Waals surface area contributed by atoms with E-state index >= 15 is 0 Å². The van der Waals surface area contributed by atoms with Gasteiger partial charge in [0, 0.05) is 29.3 Å². The molecule has 6 heteroatoms. The summed E-state index contributed by atoms with van der Waals surface area (Å²) >= 11 is 1.37. The Labute approximate surface area is 132 Å². The Morgan fingerprint density at radius 1 is 1.23 bits per heavy atom. The number of hydrogen-bond acceptors (Lipinski definition) is 4. The molecule has 1 saturated carbocycles. The Balaban J connectivity index is 1.56. The monoisotopic (exact) mass is 313 g/mol. The van der Waals surface area contributed by atoms with Crippen molar-refractivity contribution < 1.29 is 9.59 Å². The molecule has 1 aromatic carbocycles. The summed E-state index contributed by atoms with van der Waals surface area (Å²) < 4.78 is 0. The highest BCUT2D eigenvalue weighted by molar-refractivity contribution is 7.13. The third kappa shape index (κ3) is 4.02. The molecule has 5 nitrogen and oxygen atoms in total. The molecular weight excluding hydrogens is 298 g/mol. The van der Waals surface area contributed by atoms with Crippen molar-refractivity contribution in [3.63, 3.8) is 0 Å². The minimum absolute atomic E-state index is 0.0421. The van der Waals surface area contributed by atoms with E-state index < -0.39 is 0 Å². The van der Waals surface area contributed by atoms with Crippen LogP contribution >= 0.6 is 11.3 Å². The van der Waals surface area contributed by atoms with Crippen molar-refractivity contribution in [3.05, 3.63) is 53.0 Å². The van der Waals surface area contributed by atoms with Gasteiger partial charge in [0.15, 0.2) is 5.13 Å². The first-order chi connectivity index (χ1) is 10.7. The van der Waals surface area contributed by atoms with Crippen molar-refractivity contribution in [2.75, 3.05) is 5.32 Å². The van der Waals surface area contributed by atoms with Gasteiger partial charge in [0.1, 0.15) is 0 Å². The fourth-order valence-corrected chi connectivity index (χ4v) is 2.38. The third-order valence-corrected chi connectivity index (χ3v) is 3.86. The molecule has 2 N–H and O–H groups in total. The molecule has 0 saturated heterocycles. The maximum atomic E-state index is 11.9. The molecule has 1 aliphatic carbocycles. The zero-order chi connectivity index (χ0) is 15.4. The number of carbonyl (C=O) groups excluding carboxylic acids is 2. The van der Waals surface area contributed by atoms with Crippen LogP contribution in [0.2, 0.25) is 0 Å². The van der Waals surface area contributed by atoms with Crippen molar-refractivity contribution >= 4 is 34.4 Å². The van der Waals surface area contributed by atoms with E-state index in [4.69, 9.17) is 0 Å². The third-order valence-electron chi connectivity index (χ3n) is 3.18. The molecule has 2 amide bonds. The predicted octanol–water partition coefficient (Wildman–Crippen LogP) is 2.69. The molecule has 2 aromatic rings. The van der Waals surface area contributed by atoms with E-state index in [-0.39, 0.29) is 11.8 Å². The van der Waals surface area contributed by atoms with Crippen LogP contribution < -0.4 is 10.6 Å². The molecule has 0 atom stereocenters. The van der Waals surface area contributed by atoms with Crippen LogP contribution in [0.15, 0.2) is 41.9 Å². The van der Waals surface area contributed by atoms with Crippen LogP contribution in [0.25, 0.3) is 6.08 Å². The summed E-state index contributed by atoms with van der Waals surface area (Å²) in [5.74, 6) is -0.273. The second-order valence-corrected chi connectivity index (χ2v) is 5.92. The second kappa shape index (κ2) is 6.53. The summed E-state index contributed by atoms with van der Waals surface area (Å²) in [4.78, 5) is 27.5. The van der Waals surface area contributed by atoms with Crippen molar-refractivity contribution in [3.8, 4) is 0 Å². The van der Waals surface area contributed by atoms with Gasteiger partial charge in [-0.3, -0.25) is 14.9 Å². The van der Waals surface area contributed by atoms with Gasteiger partial charge in [0.05, 0.1) is 0 Å². The van der Waals surface area contributed by atoms with Crippen LogP contribution in [-0.2, 0) is 4.79 Å². The highest BCUT2D eigenvalue weighted by atomic mass is 32.1. The number of rotatable bonds is 5. The smallest absolute Gasteiger partial charge is 0.251 e. The topological polar surface area (TPSA) is 71.1 Å². The average molecular weight is 313 g/mol. The number of amides is 2. The number of thiazole rings is 1. The standard InChI is InChI=1S/C16H15N3O2S/c20-14(19-16-17-9-10-22-16)8-3-11-1-4-12(5-2-11)15(21)18-13-6-7-13/h1-5,8-10,13H,6-7H2,(H,18,21)(H,17,19,20)/b8-3+. The first kappa shape index (κ1) is 14.5. The van der Waals surface area contributed by atoms with E-state index in [9.17, 15) is 9.59 Å². The van der Waals surface area contributed by atoms with Crippen LogP contribution in [0, 0.1) is 0 Å². The Morgan fingerprint density at radius 2 is 2.00 bits per heavy atom. The molecular formula is C16H15N3O2S. The molecule has 3 rings (SSSR count). The summed E-state index contributed by atoms with van der Waals surface area (Å²) in [6.07, 6.45) is 6.92. The highest BCUT2D eigenvalue weighted by Crippen LogP contribution is 2.19. The molecule has 0 unspecified atom stereocenters. The average Bonchev–Trinajstić information content (AvgIpc) is 3.19. The van der Waals surface area contributed by atoms with E-state index in [1.807, 2.05) is 12.1 Å². The maximum Gasteiger partial charge on any atom is 0.251 e. The Hall–Kier alpha value is -2.47. The number of carbonyl (C=O) groups is 2. The van der Waals surface area contributed by atoms with Crippen molar-refractivity contribution in [2.24, 2.45) is 0 Å². The molecule has 112 valence electrons. The zero-order valence-corrected chi connectivity index (χ0v) is 12.6. The quantitative estimate of drug-likeness (QED) is 0.834. The van der Waals surface area contributed by atoms with Crippen LogP contribution in [0.3, 0.4) is 0 Å². The number of anilines is 1. The summed E-state index contributed by atoms with van der Waals surface area (Å²) in [7, 11) is 0. The van der Waals surface area contributed by atoms with E-state index in [0.29, 0.717) is 16.7 Å². The van der Waals surface area contributed by atoms with Crippen LogP contribution in [0.1, 0.15) is 28.8 Å². The molecule has 1 aromatic heterocycles. The second-order valence-electron chi connectivity index (χ2n) is 5.03. The van der Waals surface area contributed by atoms with E-state index in [1.54, 1.807) is 29.8 Å². The lowest BCUT2D eigenvalue weighted by molar-refractivity contribution is -0.111. The Kier molecular flexibility index (Phi) is 4.29. The molecule has 0 radical (unpaired) electrons.